The summed E-state index contributed by atoms with van der Waals surface area (Å²) in [7, 11) is 4.65. The van der Waals surface area contributed by atoms with E-state index < -0.39 is 5.97 Å². The van der Waals surface area contributed by atoms with E-state index in [0.717, 1.165) is 23.7 Å². The number of hydrogen-bond donors (Lipinski definition) is 1. The lowest BCUT2D eigenvalue weighted by atomic mass is 10.0. The number of carbonyl (C=O) groups is 1. The van der Waals surface area contributed by atoms with Crippen LogP contribution in [0.4, 0.5) is 0 Å². The van der Waals surface area contributed by atoms with Crippen LogP contribution in [0.15, 0.2) is 0 Å². The fraction of sp³-hybridized carbons (Fsp3) is 0.964. The van der Waals surface area contributed by atoms with E-state index >= 15 is 0 Å². The van der Waals surface area contributed by atoms with E-state index in [1.54, 1.807) is 0 Å². The molecule has 0 heterocycles. The minimum absolute atomic E-state index is 0.326. The second kappa shape index (κ2) is 22.6. The molecule has 0 spiro atoms. The van der Waals surface area contributed by atoms with E-state index in [2.05, 4.69) is 21.0 Å². The van der Waals surface area contributed by atoms with Crippen molar-refractivity contribution in [2.45, 2.75) is 148 Å². The van der Waals surface area contributed by atoms with Gasteiger partial charge in [0, 0.05) is 6.42 Å². The lowest BCUT2D eigenvalue weighted by Gasteiger charge is -2.30. The third-order valence-electron chi connectivity index (χ3n) is 6.77. The average molecular weight is 441 g/mol. The zero-order chi connectivity index (χ0) is 23.0. The van der Waals surface area contributed by atoms with Gasteiger partial charge in [-0.2, -0.15) is 0 Å². The van der Waals surface area contributed by atoms with Crippen LogP contribution in [0, 0.1) is 0 Å². The number of nitrogens with zero attached hydrogens (tertiary/aromatic N) is 1. The normalized spacial score (nSPS) is 11.8. The van der Waals surface area contributed by atoms with E-state index in [1.807, 2.05) is 0 Å². The fourth-order valence-corrected chi connectivity index (χ4v) is 4.55. The highest BCUT2D eigenvalue weighted by Gasteiger charge is 2.13. The van der Waals surface area contributed by atoms with Crippen LogP contribution in [-0.4, -0.2) is 42.7 Å². The van der Waals surface area contributed by atoms with Gasteiger partial charge in [0.2, 0.25) is 0 Å². The first-order valence-corrected chi connectivity index (χ1v) is 14.0. The Hall–Kier alpha value is -0.570. The molecule has 0 amide bonds. The van der Waals surface area contributed by atoms with Gasteiger partial charge in [0.25, 0.3) is 0 Å². The summed E-state index contributed by atoms with van der Waals surface area (Å²) in [5, 5.41) is 8.69. The van der Waals surface area contributed by atoms with Crippen molar-refractivity contribution in [2.24, 2.45) is 0 Å². The summed E-state index contributed by atoms with van der Waals surface area (Å²) < 4.78 is 1.09. The molecule has 0 unspecified atom stereocenters. The summed E-state index contributed by atoms with van der Waals surface area (Å²) in [6, 6.07) is 0. The van der Waals surface area contributed by atoms with Crippen LogP contribution >= 0.6 is 0 Å². The molecule has 0 radical (unpaired) electrons. The number of quaternary nitrogens is 1. The van der Waals surface area contributed by atoms with Gasteiger partial charge in [-0.15, -0.1) is 0 Å². The Bertz CT molecular complexity index is 381. The Morgan fingerprint density at radius 3 is 1.13 bits per heavy atom. The van der Waals surface area contributed by atoms with Gasteiger partial charge in [-0.1, -0.05) is 110 Å². The third kappa shape index (κ3) is 25.6. The highest BCUT2D eigenvalue weighted by atomic mass is 16.4. The molecule has 31 heavy (non-hydrogen) atoms. The monoisotopic (exact) mass is 440 g/mol. The van der Waals surface area contributed by atoms with Gasteiger partial charge in [0.05, 0.1) is 27.2 Å². The highest BCUT2D eigenvalue weighted by molar-refractivity contribution is 5.66. The SMILES string of the molecule is CCCCCCCCCCCCCCCCCCCC[N+](C)(C)CCCCCC(=O)O. The summed E-state index contributed by atoms with van der Waals surface area (Å²) in [4.78, 5) is 10.5. The second-order valence-electron chi connectivity index (χ2n) is 10.6. The van der Waals surface area contributed by atoms with Crippen LogP contribution in [0.1, 0.15) is 148 Å². The van der Waals surface area contributed by atoms with Crippen LogP contribution in [-0.2, 0) is 4.79 Å². The summed E-state index contributed by atoms with van der Waals surface area (Å²) in [6.07, 6.45) is 29.1. The number of rotatable bonds is 25. The van der Waals surface area contributed by atoms with Crippen LogP contribution in [0.25, 0.3) is 0 Å². The van der Waals surface area contributed by atoms with Crippen molar-refractivity contribution >= 4 is 5.97 Å². The highest BCUT2D eigenvalue weighted by Crippen LogP contribution is 2.15. The molecule has 1 N–H and O–H groups in total. The molecule has 0 fully saturated rings. The van der Waals surface area contributed by atoms with Crippen LogP contribution in [0.3, 0.4) is 0 Å². The van der Waals surface area contributed by atoms with Gasteiger partial charge in [0.15, 0.2) is 0 Å². The summed E-state index contributed by atoms with van der Waals surface area (Å²) in [5.41, 5.74) is 0. The lowest BCUT2D eigenvalue weighted by Crippen LogP contribution is -2.41. The van der Waals surface area contributed by atoms with Gasteiger partial charge >= 0.3 is 5.97 Å². The standard InChI is InChI=1S/C28H57NO2/c1-4-5-6-7-8-9-10-11-12-13-14-15-16-17-18-19-20-23-26-29(2,3)27-24-21-22-25-28(30)31/h4-27H2,1-3H3/p+1. The molecule has 0 saturated carbocycles. The summed E-state index contributed by atoms with van der Waals surface area (Å²) in [6.45, 7) is 4.73. The van der Waals surface area contributed by atoms with Crippen molar-refractivity contribution in [3.63, 3.8) is 0 Å². The van der Waals surface area contributed by atoms with Gasteiger partial charge in [-0.25, -0.2) is 0 Å². The Labute approximate surface area is 196 Å². The zero-order valence-corrected chi connectivity index (χ0v) is 21.8. The minimum atomic E-state index is -0.660. The number of aliphatic carboxylic acids is 1. The maximum absolute atomic E-state index is 10.5. The number of hydrogen-bond acceptors (Lipinski definition) is 1. The molecule has 0 bridgehead atoms. The van der Waals surface area contributed by atoms with E-state index in [9.17, 15) is 4.79 Å². The van der Waals surface area contributed by atoms with E-state index in [1.165, 1.54) is 129 Å². The molecular formula is C28H58NO2+. The van der Waals surface area contributed by atoms with Crippen molar-refractivity contribution < 1.29 is 14.4 Å². The molecule has 0 rings (SSSR count). The molecule has 0 atom stereocenters. The Morgan fingerprint density at radius 1 is 0.516 bits per heavy atom. The second-order valence-corrected chi connectivity index (χ2v) is 10.6. The first-order chi connectivity index (χ1) is 15.0. The Morgan fingerprint density at radius 2 is 0.806 bits per heavy atom. The first-order valence-electron chi connectivity index (χ1n) is 14.0. The largest absolute Gasteiger partial charge is 0.481 e. The van der Waals surface area contributed by atoms with Crippen LogP contribution < -0.4 is 0 Å². The topological polar surface area (TPSA) is 37.3 Å². The van der Waals surface area contributed by atoms with E-state index in [0.29, 0.717) is 6.42 Å². The molecule has 0 aromatic carbocycles. The van der Waals surface area contributed by atoms with Gasteiger partial charge in [-0.05, 0) is 32.1 Å². The number of carboxylic acids is 1. The molecule has 0 aromatic rings. The lowest BCUT2D eigenvalue weighted by molar-refractivity contribution is -0.890. The molecule has 0 aliphatic rings. The van der Waals surface area contributed by atoms with E-state index in [-0.39, 0.29) is 0 Å². The van der Waals surface area contributed by atoms with Gasteiger partial charge < -0.3 is 9.59 Å². The molecule has 3 heteroatoms. The minimum Gasteiger partial charge on any atom is -0.481 e. The Kier molecular flexibility index (Phi) is 22.2. The molecule has 186 valence electrons. The smallest absolute Gasteiger partial charge is 0.303 e. The molecule has 0 aliphatic carbocycles. The quantitative estimate of drug-likeness (QED) is 0.114. The van der Waals surface area contributed by atoms with Gasteiger partial charge in [0.1, 0.15) is 0 Å². The molecule has 3 nitrogen and oxygen atoms in total. The van der Waals surface area contributed by atoms with Crippen molar-refractivity contribution in [1.82, 2.24) is 0 Å². The maximum Gasteiger partial charge on any atom is 0.303 e. The van der Waals surface area contributed by atoms with Crippen LogP contribution in [0.2, 0.25) is 0 Å². The summed E-state index contributed by atoms with van der Waals surface area (Å²) >= 11 is 0. The fourth-order valence-electron chi connectivity index (χ4n) is 4.55. The van der Waals surface area contributed by atoms with Crippen molar-refractivity contribution in [3.8, 4) is 0 Å². The molecule has 0 aliphatic heterocycles. The van der Waals surface area contributed by atoms with Crippen molar-refractivity contribution in [3.05, 3.63) is 0 Å². The third-order valence-corrected chi connectivity index (χ3v) is 6.77. The zero-order valence-electron chi connectivity index (χ0n) is 21.8. The van der Waals surface area contributed by atoms with Crippen molar-refractivity contribution in [2.75, 3.05) is 27.2 Å². The summed E-state index contributed by atoms with van der Waals surface area (Å²) in [5.74, 6) is -0.660. The number of unbranched alkanes of at least 4 members (excludes halogenated alkanes) is 19. The van der Waals surface area contributed by atoms with Gasteiger partial charge in [-0.3, -0.25) is 4.79 Å². The average Bonchev–Trinajstić information content (AvgIpc) is 2.72. The molecule has 0 aromatic heterocycles. The molecule has 0 saturated heterocycles. The predicted molar refractivity (Wildman–Crippen MR) is 137 cm³/mol. The first kappa shape index (κ1) is 30.4. The van der Waals surface area contributed by atoms with E-state index in [4.69, 9.17) is 5.11 Å². The maximum atomic E-state index is 10.5. The molecular weight excluding hydrogens is 382 g/mol. The van der Waals surface area contributed by atoms with Crippen LogP contribution in [0.5, 0.6) is 0 Å². The predicted octanol–water partition coefficient (Wildman–Crippen LogP) is 8.75. The van der Waals surface area contributed by atoms with Crippen molar-refractivity contribution in [1.29, 1.82) is 0 Å². The number of carboxylic acid groups (broad SMARTS) is 1. The Balaban J connectivity index is 3.24.